The lowest BCUT2D eigenvalue weighted by atomic mass is 9.98. The van der Waals surface area contributed by atoms with Crippen LogP contribution in [-0.4, -0.2) is 44.2 Å². The summed E-state index contributed by atoms with van der Waals surface area (Å²) < 4.78 is 20.3. The summed E-state index contributed by atoms with van der Waals surface area (Å²) in [6, 6.07) is 1.04. The maximum Gasteiger partial charge on any atom is 0.330 e. The van der Waals surface area contributed by atoms with E-state index in [0.717, 1.165) is 23.8 Å². The topological polar surface area (TPSA) is 105 Å². The molecule has 0 saturated carbocycles. The highest BCUT2D eigenvalue weighted by molar-refractivity contribution is 5.01. The van der Waals surface area contributed by atoms with E-state index in [2.05, 4.69) is 0 Å². The second-order valence-electron chi connectivity index (χ2n) is 4.32. The average Bonchev–Trinajstić information content (AvgIpc) is 2.52. The third kappa shape index (κ3) is 1.88. The van der Waals surface area contributed by atoms with E-state index in [-0.39, 0.29) is 0 Å². The number of aromatic nitrogens is 2. The van der Waals surface area contributed by atoms with E-state index >= 15 is 0 Å². The molecule has 0 spiro atoms. The minimum atomic E-state index is -2.25. The summed E-state index contributed by atoms with van der Waals surface area (Å²) in [5.74, 6) is 0. The number of nitrogens with one attached hydrogen (secondary N) is 1. The Hall–Kier alpha value is -1.51. The summed E-state index contributed by atoms with van der Waals surface area (Å²) in [5, 5.41) is 18.6. The lowest BCUT2D eigenvalue weighted by Crippen LogP contribution is -2.43. The minimum Gasteiger partial charge on any atom is -0.394 e. The molecule has 3 N–H and O–H groups in total. The second-order valence-corrected chi connectivity index (χ2v) is 4.32. The Morgan fingerprint density at radius 3 is 2.78 bits per heavy atom. The molecule has 3 unspecified atom stereocenters. The molecule has 2 heterocycles. The first-order chi connectivity index (χ1) is 8.37. The van der Waals surface area contributed by atoms with Crippen LogP contribution in [-0.2, 0) is 4.74 Å². The van der Waals surface area contributed by atoms with Crippen LogP contribution in [0.1, 0.15) is 13.2 Å². The number of hydrogen-bond donors (Lipinski definition) is 3. The van der Waals surface area contributed by atoms with Crippen molar-refractivity contribution in [1.82, 2.24) is 9.55 Å². The van der Waals surface area contributed by atoms with Crippen molar-refractivity contribution in [1.29, 1.82) is 0 Å². The number of H-pyrrole nitrogens is 1. The van der Waals surface area contributed by atoms with Gasteiger partial charge < -0.3 is 14.9 Å². The monoisotopic (exact) mass is 260 g/mol. The maximum absolute atomic E-state index is 14.3. The minimum absolute atomic E-state index is 0.574. The van der Waals surface area contributed by atoms with E-state index in [0.29, 0.717) is 0 Å². The number of aliphatic hydroxyl groups is 2. The van der Waals surface area contributed by atoms with Gasteiger partial charge in [-0.2, -0.15) is 0 Å². The Morgan fingerprint density at radius 1 is 1.61 bits per heavy atom. The van der Waals surface area contributed by atoms with Gasteiger partial charge in [0.15, 0.2) is 11.9 Å². The fourth-order valence-electron chi connectivity index (χ4n) is 1.97. The third-order valence-corrected chi connectivity index (χ3v) is 3.00. The molecular formula is C10H13FN2O5. The molecule has 1 aromatic heterocycles. The molecule has 1 fully saturated rings. The molecule has 18 heavy (non-hydrogen) atoms. The van der Waals surface area contributed by atoms with E-state index in [1.165, 1.54) is 0 Å². The van der Waals surface area contributed by atoms with E-state index in [1.807, 2.05) is 4.98 Å². The van der Waals surface area contributed by atoms with Crippen molar-refractivity contribution in [3.8, 4) is 0 Å². The second kappa shape index (κ2) is 4.30. The van der Waals surface area contributed by atoms with Crippen molar-refractivity contribution < 1.29 is 19.3 Å². The highest BCUT2D eigenvalue weighted by Gasteiger charge is 2.54. The number of hydrogen-bond acceptors (Lipinski definition) is 5. The molecule has 4 atom stereocenters. The molecule has 7 nitrogen and oxygen atoms in total. The fraction of sp³-hybridized carbons (Fsp3) is 0.600. The summed E-state index contributed by atoms with van der Waals surface area (Å²) in [6.07, 6.45) is -3.01. The number of ether oxygens (including phenoxy) is 1. The smallest absolute Gasteiger partial charge is 0.330 e. The summed E-state index contributed by atoms with van der Waals surface area (Å²) in [7, 11) is 0. The predicted octanol–water partition coefficient (Wildman–Crippen LogP) is -1.48. The summed E-state index contributed by atoms with van der Waals surface area (Å²) in [5.41, 5.74) is -3.72. The maximum atomic E-state index is 14.3. The highest BCUT2D eigenvalue weighted by Crippen LogP contribution is 2.40. The van der Waals surface area contributed by atoms with Crippen LogP contribution in [0.25, 0.3) is 0 Å². The number of alkyl halides is 1. The van der Waals surface area contributed by atoms with Gasteiger partial charge in [0.25, 0.3) is 5.56 Å². The molecule has 0 aliphatic carbocycles. The van der Waals surface area contributed by atoms with Crippen LogP contribution in [0.15, 0.2) is 21.9 Å². The molecule has 0 aromatic carbocycles. The van der Waals surface area contributed by atoms with Crippen LogP contribution in [0.2, 0.25) is 0 Å². The lowest BCUT2D eigenvalue weighted by molar-refractivity contribution is -0.0611. The number of aliphatic hydroxyl groups excluding tert-OH is 2. The van der Waals surface area contributed by atoms with Gasteiger partial charge in [0, 0.05) is 12.3 Å². The van der Waals surface area contributed by atoms with Gasteiger partial charge in [0.2, 0.25) is 0 Å². The van der Waals surface area contributed by atoms with Gasteiger partial charge in [-0.3, -0.25) is 14.3 Å². The molecule has 0 radical (unpaired) electrons. The average molecular weight is 260 g/mol. The number of aromatic amines is 1. The van der Waals surface area contributed by atoms with E-state index < -0.39 is 42.0 Å². The first kappa shape index (κ1) is 12.9. The third-order valence-electron chi connectivity index (χ3n) is 3.00. The Kier molecular flexibility index (Phi) is 3.09. The Labute approximate surface area is 100 Å². The van der Waals surface area contributed by atoms with E-state index in [1.54, 1.807) is 0 Å². The molecule has 0 bridgehead atoms. The normalized spacial score (nSPS) is 35.9. The van der Waals surface area contributed by atoms with E-state index in [9.17, 15) is 19.1 Å². The Bertz CT molecular complexity index is 552. The van der Waals surface area contributed by atoms with Gasteiger partial charge in [-0.05, 0) is 6.92 Å². The molecular weight excluding hydrogens is 247 g/mol. The molecule has 8 heteroatoms. The van der Waals surface area contributed by atoms with Crippen LogP contribution in [0.5, 0.6) is 0 Å². The molecule has 2 rings (SSSR count). The molecule has 1 aromatic rings. The van der Waals surface area contributed by atoms with Crippen LogP contribution in [0.4, 0.5) is 4.39 Å². The molecule has 100 valence electrons. The zero-order valence-corrected chi connectivity index (χ0v) is 9.54. The molecule has 1 aliphatic rings. The predicted molar refractivity (Wildman–Crippen MR) is 57.8 cm³/mol. The van der Waals surface area contributed by atoms with Gasteiger partial charge in [0.05, 0.1) is 6.61 Å². The fourth-order valence-corrected chi connectivity index (χ4v) is 1.97. The van der Waals surface area contributed by atoms with Crippen LogP contribution >= 0.6 is 0 Å². The summed E-state index contributed by atoms with van der Waals surface area (Å²) >= 11 is 0. The first-order valence-corrected chi connectivity index (χ1v) is 5.32. The SMILES string of the molecule is CC1(F)C(n2ccc(=O)[nH]c2=O)OC(CO)[C@@H]1O. The van der Waals surface area contributed by atoms with E-state index in [4.69, 9.17) is 9.84 Å². The number of nitrogens with zero attached hydrogens (tertiary/aromatic N) is 1. The molecule has 0 amide bonds. The van der Waals surface area contributed by atoms with Crippen molar-refractivity contribution >= 4 is 0 Å². The lowest BCUT2D eigenvalue weighted by Gasteiger charge is -2.24. The molecule has 1 saturated heterocycles. The standard InChI is InChI=1S/C10H13FN2O5/c1-10(11)7(16)5(4-14)18-8(10)13-3-2-6(15)12-9(13)17/h2-3,5,7-8,14,16H,4H2,1H3,(H,12,15,17)/t5?,7-,8?,10?/m0/s1. The quantitative estimate of drug-likeness (QED) is 0.601. The van der Waals surface area contributed by atoms with Crippen LogP contribution in [0.3, 0.4) is 0 Å². The van der Waals surface area contributed by atoms with Crippen molar-refractivity contribution in [3.63, 3.8) is 0 Å². The van der Waals surface area contributed by atoms with Gasteiger partial charge >= 0.3 is 5.69 Å². The zero-order valence-electron chi connectivity index (χ0n) is 9.54. The summed E-state index contributed by atoms with van der Waals surface area (Å²) in [6.45, 7) is 0.491. The Morgan fingerprint density at radius 2 is 2.28 bits per heavy atom. The Balaban J connectivity index is 2.45. The van der Waals surface area contributed by atoms with Gasteiger partial charge in [0.1, 0.15) is 12.2 Å². The van der Waals surface area contributed by atoms with Crippen molar-refractivity contribution in [2.75, 3.05) is 6.61 Å². The zero-order chi connectivity index (χ0) is 13.5. The summed E-state index contributed by atoms with van der Waals surface area (Å²) in [4.78, 5) is 24.4. The van der Waals surface area contributed by atoms with Gasteiger partial charge in [-0.15, -0.1) is 0 Å². The van der Waals surface area contributed by atoms with Crippen molar-refractivity contribution in [2.45, 2.75) is 31.0 Å². The highest BCUT2D eigenvalue weighted by atomic mass is 19.1. The van der Waals surface area contributed by atoms with Gasteiger partial charge in [-0.1, -0.05) is 0 Å². The van der Waals surface area contributed by atoms with Crippen molar-refractivity contribution in [2.24, 2.45) is 0 Å². The van der Waals surface area contributed by atoms with Crippen LogP contribution < -0.4 is 11.2 Å². The van der Waals surface area contributed by atoms with Crippen molar-refractivity contribution in [3.05, 3.63) is 33.1 Å². The number of halogens is 1. The molecule has 1 aliphatic heterocycles. The number of rotatable bonds is 2. The van der Waals surface area contributed by atoms with Crippen LogP contribution in [0, 0.1) is 0 Å². The van der Waals surface area contributed by atoms with Gasteiger partial charge in [-0.25, -0.2) is 9.18 Å². The largest absolute Gasteiger partial charge is 0.394 e. The first-order valence-electron chi connectivity index (χ1n) is 5.32.